The van der Waals surface area contributed by atoms with E-state index in [4.69, 9.17) is 4.74 Å². The van der Waals surface area contributed by atoms with E-state index in [2.05, 4.69) is 5.10 Å². The Bertz CT molecular complexity index is 1040. The van der Waals surface area contributed by atoms with Crippen LogP contribution in [0.25, 0.3) is 10.9 Å². The molecule has 170 valence electrons. The molecule has 2 atom stereocenters. The number of hydrogen-bond acceptors (Lipinski definition) is 5. The fourth-order valence-corrected chi connectivity index (χ4v) is 7.15. The van der Waals surface area contributed by atoms with Crippen LogP contribution in [0.5, 0.6) is 0 Å². The number of fused-ring (bicyclic) bond motifs is 1. The van der Waals surface area contributed by atoms with Gasteiger partial charge in [0.15, 0.2) is 0 Å². The van der Waals surface area contributed by atoms with E-state index in [0.29, 0.717) is 38.2 Å². The van der Waals surface area contributed by atoms with Crippen molar-refractivity contribution in [2.45, 2.75) is 63.3 Å². The van der Waals surface area contributed by atoms with E-state index in [9.17, 15) is 18.3 Å². The summed E-state index contributed by atoms with van der Waals surface area (Å²) in [6, 6.07) is 7.44. The van der Waals surface area contributed by atoms with Gasteiger partial charge in [0.05, 0.1) is 35.0 Å². The molecule has 0 radical (unpaired) electrons. The van der Waals surface area contributed by atoms with Crippen molar-refractivity contribution in [2.75, 3.05) is 19.7 Å². The Morgan fingerprint density at radius 1 is 1.19 bits per heavy atom. The molecule has 8 nitrogen and oxygen atoms in total. The number of benzene rings is 1. The van der Waals surface area contributed by atoms with Crippen LogP contribution in [0.4, 0.5) is 0 Å². The highest BCUT2D eigenvalue weighted by molar-refractivity contribution is 7.89. The number of rotatable bonds is 7. The number of ether oxygens (including phenoxy) is 1. The van der Waals surface area contributed by atoms with Gasteiger partial charge in [0.1, 0.15) is 0 Å². The van der Waals surface area contributed by atoms with Crippen molar-refractivity contribution in [2.24, 2.45) is 5.92 Å². The van der Waals surface area contributed by atoms with Crippen molar-refractivity contribution in [1.29, 1.82) is 0 Å². The van der Waals surface area contributed by atoms with Gasteiger partial charge in [-0.2, -0.15) is 9.40 Å². The SMILES string of the molecule is CCO[C@H]1CC[C@@H](S(=O)(=O)N2C[C@@H](C)[C@@H](n3nc(CC(=O)O)c4ccccc43)C2)CC1. The first-order valence-corrected chi connectivity index (χ1v) is 12.6. The van der Waals surface area contributed by atoms with Gasteiger partial charge < -0.3 is 9.84 Å². The lowest BCUT2D eigenvalue weighted by Crippen LogP contribution is -2.40. The van der Waals surface area contributed by atoms with Gasteiger partial charge in [-0.25, -0.2) is 8.42 Å². The largest absolute Gasteiger partial charge is 0.481 e. The van der Waals surface area contributed by atoms with Gasteiger partial charge in [-0.3, -0.25) is 9.48 Å². The number of aliphatic carboxylic acids is 1. The van der Waals surface area contributed by atoms with E-state index in [0.717, 1.165) is 23.7 Å². The second kappa shape index (κ2) is 8.88. The molecule has 1 aromatic carbocycles. The molecule has 31 heavy (non-hydrogen) atoms. The minimum Gasteiger partial charge on any atom is -0.481 e. The molecule has 1 aliphatic carbocycles. The summed E-state index contributed by atoms with van der Waals surface area (Å²) in [4.78, 5) is 11.3. The number of carbonyl (C=O) groups is 1. The summed E-state index contributed by atoms with van der Waals surface area (Å²) in [5.41, 5.74) is 1.37. The van der Waals surface area contributed by atoms with Crippen molar-refractivity contribution in [3.8, 4) is 0 Å². The zero-order valence-electron chi connectivity index (χ0n) is 18.1. The van der Waals surface area contributed by atoms with E-state index in [1.165, 1.54) is 0 Å². The third kappa shape index (κ3) is 4.36. The van der Waals surface area contributed by atoms with Crippen LogP contribution < -0.4 is 0 Å². The van der Waals surface area contributed by atoms with Gasteiger partial charge in [0, 0.05) is 25.1 Å². The quantitative estimate of drug-likeness (QED) is 0.697. The maximum Gasteiger partial charge on any atom is 0.309 e. The molecule has 1 aromatic heterocycles. The molecule has 9 heteroatoms. The van der Waals surface area contributed by atoms with Gasteiger partial charge in [0.2, 0.25) is 10.0 Å². The molecule has 1 N–H and O–H groups in total. The van der Waals surface area contributed by atoms with Crippen LogP contribution in [0.15, 0.2) is 24.3 Å². The summed E-state index contributed by atoms with van der Waals surface area (Å²) < 4.78 is 35.9. The van der Waals surface area contributed by atoms with Crippen molar-refractivity contribution in [1.82, 2.24) is 14.1 Å². The molecule has 2 heterocycles. The van der Waals surface area contributed by atoms with E-state index in [1.54, 1.807) is 4.31 Å². The monoisotopic (exact) mass is 449 g/mol. The van der Waals surface area contributed by atoms with Crippen molar-refractivity contribution < 1.29 is 23.1 Å². The third-order valence-corrected chi connectivity index (χ3v) is 9.00. The van der Waals surface area contributed by atoms with Crippen LogP contribution in [0.1, 0.15) is 51.3 Å². The molecule has 2 fully saturated rings. The van der Waals surface area contributed by atoms with E-state index in [1.807, 2.05) is 42.8 Å². The smallest absolute Gasteiger partial charge is 0.309 e. The lowest BCUT2D eigenvalue weighted by molar-refractivity contribution is -0.136. The summed E-state index contributed by atoms with van der Waals surface area (Å²) in [5, 5.41) is 14.3. The molecular weight excluding hydrogens is 418 g/mol. The van der Waals surface area contributed by atoms with E-state index >= 15 is 0 Å². The summed E-state index contributed by atoms with van der Waals surface area (Å²) in [6.45, 7) is 5.50. The van der Waals surface area contributed by atoms with Gasteiger partial charge in [-0.1, -0.05) is 25.1 Å². The lowest BCUT2D eigenvalue weighted by Gasteiger charge is -2.30. The van der Waals surface area contributed by atoms with Crippen molar-refractivity contribution in [3.05, 3.63) is 30.0 Å². The zero-order valence-corrected chi connectivity index (χ0v) is 18.9. The molecule has 0 unspecified atom stereocenters. The number of sulfonamides is 1. The average Bonchev–Trinajstić information content (AvgIpc) is 3.29. The maximum atomic E-state index is 13.4. The predicted octanol–water partition coefficient (Wildman–Crippen LogP) is 2.83. The highest BCUT2D eigenvalue weighted by Gasteiger charge is 2.42. The van der Waals surface area contributed by atoms with Crippen LogP contribution in [-0.2, 0) is 26.0 Å². The molecule has 0 bridgehead atoms. The molecule has 2 aliphatic rings. The highest BCUT2D eigenvalue weighted by Crippen LogP contribution is 2.36. The Morgan fingerprint density at radius 3 is 2.58 bits per heavy atom. The Morgan fingerprint density at radius 2 is 1.90 bits per heavy atom. The van der Waals surface area contributed by atoms with E-state index < -0.39 is 16.0 Å². The predicted molar refractivity (Wildman–Crippen MR) is 117 cm³/mol. The van der Waals surface area contributed by atoms with Gasteiger partial charge >= 0.3 is 5.97 Å². The van der Waals surface area contributed by atoms with Crippen LogP contribution in [-0.4, -0.2) is 64.6 Å². The zero-order chi connectivity index (χ0) is 22.2. The number of carboxylic acid groups (broad SMARTS) is 1. The second-order valence-corrected chi connectivity index (χ2v) is 11.0. The molecule has 0 spiro atoms. The topological polar surface area (TPSA) is 102 Å². The minimum absolute atomic E-state index is 0.0792. The first-order chi connectivity index (χ1) is 14.8. The first-order valence-electron chi connectivity index (χ1n) is 11.1. The number of para-hydroxylation sites is 1. The summed E-state index contributed by atoms with van der Waals surface area (Å²) >= 11 is 0. The number of hydrogen-bond donors (Lipinski definition) is 1. The lowest BCUT2D eigenvalue weighted by atomic mass is 9.97. The van der Waals surface area contributed by atoms with Gasteiger partial charge in [-0.15, -0.1) is 0 Å². The average molecular weight is 450 g/mol. The fourth-order valence-electron chi connectivity index (χ4n) is 5.06. The molecule has 4 rings (SSSR count). The van der Waals surface area contributed by atoms with Crippen LogP contribution >= 0.6 is 0 Å². The van der Waals surface area contributed by atoms with Gasteiger partial charge in [-0.05, 0) is 44.6 Å². The van der Waals surface area contributed by atoms with Gasteiger partial charge in [0.25, 0.3) is 0 Å². The fraction of sp³-hybridized carbons (Fsp3) is 0.636. The Labute approximate surface area is 183 Å². The molecule has 1 aliphatic heterocycles. The van der Waals surface area contributed by atoms with Crippen LogP contribution in [0.2, 0.25) is 0 Å². The normalized spacial score (nSPS) is 27.7. The molecule has 2 aromatic rings. The van der Waals surface area contributed by atoms with Crippen molar-refractivity contribution in [3.63, 3.8) is 0 Å². The van der Waals surface area contributed by atoms with Crippen molar-refractivity contribution >= 4 is 26.9 Å². The second-order valence-electron chi connectivity index (χ2n) is 8.74. The number of carboxylic acids is 1. The Kier molecular flexibility index (Phi) is 6.37. The Balaban J connectivity index is 1.55. The number of aromatic nitrogens is 2. The molecular formula is C22H31N3O5S. The summed E-state index contributed by atoms with van der Waals surface area (Å²) in [6.07, 6.45) is 2.86. The first kappa shape index (κ1) is 22.2. The molecule has 0 amide bonds. The highest BCUT2D eigenvalue weighted by atomic mass is 32.2. The molecule has 1 saturated heterocycles. The summed E-state index contributed by atoms with van der Waals surface area (Å²) in [7, 11) is -3.40. The Hall–Kier alpha value is -1.97. The minimum atomic E-state index is -3.40. The number of nitrogens with zero attached hydrogens (tertiary/aromatic N) is 3. The summed E-state index contributed by atoms with van der Waals surface area (Å²) in [5.74, 6) is -0.850. The van der Waals surface area contributed by atoms with E-state index in [-0.39, 0.29) is 29.7 Å². The van der Waals surface area contributed by atoms with Crippen LogP contribution in [0, 0.1) is 5.92 Å². The molecule has 1 saturated carbocycles. The standard InChI is InChI=1S/C22H31N3O5S/c1-3-30-16-8-10-17(11-9-16)31(28,29)24-13-15(2)21(14-24)25-20-7-5-4-6-18(20)19(23-25)12-22(26)27/h4-7,15-17,21H,3,8-14H2,1-2H3,(H,26,27)/t15-,16-,17+,21+/m1/s1. The van der Waals surface area contributed by atoms with Crippen LogP contribution in [0.3, 0.4) is 0 Å². The third-order valence-electron chi connectivity index (χ3n) is 6.67. The maximum absolute atomic E-state index is 13.4.